The van der Waals surface area contributed by atoms with Gasteiger partial charge in [-0.3, -0.25) is 4.79 Å². The highest BCUT2D eigenvalue weighted by atomic mass is 19.4. The summed E-state index contributed by atoms with van der Waals surface area (Å²) < 4.78 is 39.6. The molecule has 0 amide bonds. The van der Waals surface area contributed by atoms with Gasteiger partial charge in [0.25, 0.3) is 0 Å². The molecule has 2 aliphatic carbocycles. The van der Waals surface area contributed by atoms with Crippen molar-refractivity contribution in [3.63, 3.8) is 0 Å². The Kier molecular flexibility index (Phi) is 4.76. The number of halogens is 3. The van der Waals surface area contributed by atoms with Crippen LogP contribution >= 0.6 is 0 Å². The summed E-state index contributed by atoms with van der Waals surface area (Å²) in [5.41, 5.74) is -3.12. The van der Waals surface area contributed by atoms with Crippen LogP contribution in [0.15, 0.2) is 35.9 Å². The van der Waals surface area contributed by atoms with Crippen molar-refractivity contribution < 1.29 is 23.1 Å². The predicted octanol–water partition coefficient (Wildman–Crippen LogP) is 4.28. The average Bonchev–Trinajstić information content (AvgIpc) is 2.66. The maximum Gasteiger partial charge on any atom is 0.416 e. The molecule has 5 nitrogen and oxygen atoms in total. The van der Waals surface area contributed by atoms with Crippen molar-refractivity contribution >= 4 is 11.7 Å². The van der Waals surface area contributed by atoms with E-state index in [-0.39, 0.29) is 5.56 Å². The number of carboxylic acids is 1. The first-order valence-electron chi connectivity index (χ1n) is 8.68. The summed E-state index contributed by atoms with van der Waals surface area (Å²) in [4.78, 5) is 11.8. The molecule has 1 aromatic rings. The molecule has 0 heterocycles. The number of hydrogen-bond donors (Lipinski definition) is 2. The molecule has 1 aromatic carbocycles. The Bertz CT molecular complexity index is 939. The van der Waals surface area contributed by atoms with Crippen molar-refractivity contribution in [3.05, 3.63) is 47.0 Å². The van der Waals surface area contributed by atoms with E-state index in [0.717, 1.165) is 12.1 Å². The number of carboxylic acid groups (broad SMARTS) is 1. The fourth-order valence-corrected chi connectivity index (χ4v) is 4.42. The lowest BCUT2D eigenvalue weighted by atomic mass is 9.53. The van der Waals surface area contributed by atoms with Crippen LogP contribution in [-0.2, 0) is 11.0 Å². The lowest BCUT2D eigenvalue weighted by Crippen LogP contribution is -2.51. The van der Waals surface area contributed by atoms with Gasteiger partial charge in [0.1, 0.15) is 5.92 Å². The van der Waals surface area contributed by atoms with Crippen LogP contribution in [0.4, 0.5) is 13.2 Å². The van der Waals surface area contributed by atoms with E-state index in [1.807, 2.05) is 0 Å². The van der Waals surface area contributed by atoms with E-state index in [1.165, 1.54) is 12.1 Å². The zero-order valence-electron chi connectivity index (χ0n) is 14.6. The normalized spacial score (nSPS) is 26.4. The number of carbonyl (C=O) groups is 1. The number of rotatable bonds is 2. The highest BCUT2D eigenvalue weighted by Gasteiger charge is 2.58. The van der Waals surface area contributed by atoms with E-state index in [0.29, 0.717) is 24.8 Å². The highest BCUT2D eigenvalue weighted by molar-refractivity contribution is 6.10. The van der Waals surface area contributed by atoms with Crippen LogP contribution in [-0.4, -0.2) is 16.8 Å². The van der Waals surface area contributed by atoms with Crippen LogP contribution in [0.1, 0.15) is 36.3 Å². The lowest BCUT2D eigenvalue weighted by molar-refractivity contribution is -0.139. The van der Waals surface area contributed by atoms with Crippen LogP contribution in [0.5, 0.6) is 0 Å². The zero-order valence-corrected chi connectivity index (χ0v) is 14.6. The predicted molar refractivity (Wildman–Crippen MR) is 92.1 cm³/mol. The summed E-state index contributed by atoms with van der Waals surface area (Å²) in [6, 6.07) is 7.98. The lowest BCUT2D eigenvalue weighted by Gasteiger charge is -2.46. The maximum atomic E-state index is 13.2. The van der Waals surface area contributed by atoms with Crippen molar-refractivity contribution in [3.8, 4) is 12.1 Å². The first-order chi connectivity index (χ1) is 13.2. The van der Waals surface area contributed by atoms with Gasteiger partial charge in [-0.25, -0.2) is 0 Å². The van der Waals surface area contributed by atoms with E-state index in [2.05, 4.69) is 0 Å². The molecule has 0 spiro atoms. The molecule has 144 valence electrons. The minimum absolute atomic E-state index is 0.115. The van der Waals surface area contributed by atoms with Gasteiger partial charge in [-0.05, 0) is 36.8 Å². The number of fused-ring (bicyclic) bond motifs is 1. The number of nitrogens with zero attached hydrogens (tertiary/aromatic N) is 2. The van der Waals surface area contributed by atoms with Gasteiger partial charge in [0.2, 0.25) is 0 Å². The number of allylic oxidation sites excluding steroid dienone is 1. The number of nitriles is 2. The molecule has 0 radical (unpaired) electrons. The summed E-state index contributed by atoms with van der Waals surface area (Å²) in [6.07, 6.45) is -1.22. The molecule has 0 aromatic heterocycles. The van der Waals surface area contributed by atoms with Crippen LogP contribution < -0.4 is 0 Å². The standard InChI is InChI=1S/C20H16F3N3O2/c21-20(22,23)12-5-3-4-11(8-12)16-14-7-2-1-6-13(14)15(18(27)28)17(26)19(16,9-24)10-25/h3-6,8,14-16,26H,1-2,7H2,(H,27,28)/t14-,15+,16+/m1/s1. The van der Waals surface area contributed by atoms with Gasteiger partial charge in [0.05, 0.1) is 23.4 Å². The minimum atomic E-state index is -4.60. The molecule has 0 bridgehead atoms. The maximum absolute atomic E-state index is 13.2. The van der Waals surface area contributed by atoms with E-state index < -0.39 is 46.6 Å². The summed E-state index contributed by atoms with van der Waals surface area (Å²) >= 11 is 0. The molecule has 0 saturated heterocycles. The molecule has 3 atom stereocenters. The summed E-state index contributed by atoms with van der Waals surface area (Å²) in [5, 5.41) is 37.6. The summed E-state index contributed by atoms with van der Waals surface area (Å²) in [7, 11) is 0. The van der Waals surface area contributed by atoms with Gasteiger partial charge in [0.15, 0.2) is 5.41 Å². The van der Waals surface area contributed by atoms with Gasteiger partial charge < -0.3 is 10.5 Å². The Balaban J connectivity index is 2.26. The SMILES string of the molecule is N#CC1(C#N)C(=N)[C@@H](C(=O)O)C2=CCCC[C@H]2[C@@H]1c1cccc(C(F)(F)F)c1. The van der Waals surface area contributed by atoms with Crippen molar-refractivity contribution in [2.45, 2.75) is 31.4 Å². The molecule has 3 rings (SSSR count). The fraction of sp³-hybridized carbons (Fsp3) is 0.400. The fourth-order valence-electron chi connectivity index (χ4n) is 4.42. The Labute approximate surface area is 159 Å². The average molecular weight is 387 g/mol. The van der Waals surface area contributed by atoms with Gasteiger partial charge in [-0.15, -0.1) is 0 Å². The highest BCUT2D eigenvalue weighted by Crippen LogP contribution is 2.55. The van der Waals surface area contributed by atoms with Crippen molar-refractivity contribution in [1.29, 1.82) is 15.9 Å². The Hall–Kier alpha value is -3.13. The third kappa shape index (κ3) is 2.86. The molecule has 0 aliphatic heterocycles. The molecular weight excluding hydrogens is 371 g/mol. The minimum Gasteiger partial charge on any atom is -0.481 e. The second-order valence-electron chi connectivity index (χ2n) is 7.06. The summed E-state index contributed by atoms with van der Waals surface area (Å²) in [5.74, 6) is -4.38. The molecule has 0 unspecified atom stereocenters. The van der Waals surface area contributed by atoms with Gasteiger partial charge in [0, 0.05) is 5.92 Å². The van der Waals surface area contributed by atoms with Crippen LogP contribution in [0.2, 0.25) is 0 Å². The number of alkyl halides is 3. The molecule has 1 fully saturated rings. The van der Waals surface area contributed by atoms with Crippen molar-refractivity contribution in [1.82, 2.24) is 0 Å². The molecule has 2 N–H and O–H groups in total. The number of hydrogen-bond acceptors (Lipinski definition) is 4. The Morgan fingerprint density at radius 2 is 1.96 bits per heavy atom. The molecule has 8 heteroatoms. The topological polar surface area (TPSA) is 109 Å². The van der Waals surface area contributed by atoms with Gasteiger partial charge >= 0.3 is 12.1 Å². The third-order valence-corrected chi connectivity index (χ3v) is 5.62. The van der Waals surface area contributed by atoms with Crippen molar-refractivity contribution in [2.75, 3.05) is 0 Å². The zero-order chi connectivity index (χ0) is 20.7. The number of benzene rings is 1. The summed E-state index contributed by atoms with van der Waals surface area (Å²) in [6.45, 7) is 0. The smallest absolute Gasteiger partial charge is 0.416 e. The second kappa shape index (κ2) is 6.79. The molecular formula is C20H16F3N3O2. The number of nitrogens with one attached hydrogen (secondary N) is 1. The van der Waals surface area contributed by atoms with Crippen LogP contribution in [0.3, 0.4) is 0 Å². The number of aliphatic carboxylic acids is 1. The molecule has 2 aliphatic rings. The second-order valence-corrected chi connectivity index (χ2v) is 7.06. The first kappa shape index (κ1) is 19.6. The quantitative estimate of drug-likeness (QED) is 0.738. The largest absolute Gasteiger partial charge is 0.481 e. The van der Waals surface area contributed by atoms with E-state index in [9.17, 15) is 33.6 Å². The van der Waals surface area contributed by atoms with Crippen LogP contribution in [0.25, 0.3) is 0 Å². The van der Waals surface area contributed by atoms with Crippen molar-refractivity contribution in [2.24, 2.45) is 17.3 Å². The monoisotopic (exact) mass is 387 g/mol. The first-order valence-corrected chi connectivity index (χ1v) is 8.68. The van der Waals surface area contributed by atoms with E-state index >= 15 is 0 Å². The Morgan fingerprint density at radius 3 is 2.54 bits per heavy atom. The molecule has 28 heavy (non-hydrogen) atoms. The van der Waals surface area contributed by atoms with Gasteiger partial charge in [-0.1, -0.05) is 29.8 Å². The molecule has 1 saturated carbocycles. The third-order valence-electron chi connectivity index (χ3n) is 5.62. The Morgan fingerprint density at radius 1 is 1.29 bits per heavy atom. The van der Waals surface area contributed by atoms with Crippen LogP contribution in [0, 0.1) is 45.3 Å². The van der Waals surface area contributed by atoms with E-state index in [1.54, 1.807) is 18.2 Å². The van der Waals surface area contributed by atoms with Gasteiger partial charge in [-0.2, -0.15) is 23.7 Å². The van der Waals surface area contributed by atoms with E-state index in [4.69, 9.17) is 5.41 Å².